The smallest absolute Gasteiger partial charge is 0.0866 e. The molecule has 0 aliphatic rings. The minimum absolute atomic E-state index is 0.843. The van der Waals surface area contributed by atoms with Crippen molar-refractivity contribution in [2.24, 2.45) is 0 Å². The third-order valence-electron chi connectivity index (χ3n) is 2.10. The number of rotatable bonds is 2. The predicted octanol–water partition coefficient (Wildman–Crippen LogP) is 2.42. The summed E-state index contributed by atoms with van der Waals surface area (Å²) in [6.07, 6.45) is 0. The summed E-state index contributed by atoms with van der Waals surface area (Å²) in [4.78, 5) is 0. The Kier molecular flexibility index (Phi) is 3.27. The first-order valence-electron chi connectivity index (χ1n) is 3.55. The van der Waals surface area contributed by atoms with Crippen molar-refractivity contribution in [3.8, 4) is 0 Å². The summed E-state index contributed by atoms with van der Waals surface area (Å²) in [7, 11) is 0. The molecule has 46 valence electrons. The van der Waals surface area contributed by atoms with Gasteiger partial charge in [0.15, 0.2) is 0 Å². The Hall–Kier alpha value is 0.130. The Labute approximate surface area is 54.2 Å². The minimum atomic E-state index is 0.843. The van der Waals surface area contributed by atoms with Crippen molar-refractivity contribution in [1.82, 2.24) is 0 Å². The summed E-state index contributed by atoms with van der Waals surface area (Å²) in [5.41, 5.74) is 0.870. The van der Waals surface area contributed by atoms with Crippen LogP contribution < -0.4 is 0 Å². The first kappa shape index (κ1) is 8.13. The molecule has 0 aromatic rings. The molecule has 0 aliphatic heterocycles. The van der Waals surface area contributed by atoms with Crippen molar-refractivity contribution in [2.45, 2.75) is 39.9 Å². The van der Waals surface area contributed by atoms with E-state index in [2.05, 4.69) is 34.2 Å². The lowest BCUT2D eigenvalue weighted by atomic mass is 9.25. The average Bonchev–Trinajstić information content (AvgIpc) is 1.64. The Morgan fingerprint density at radius 3 is 1.12 bits per heavy atom. The van der Waals surface area contributed by atoms with Crippen LogP contribution in [-0.4, -0.2) is 13.4 Å². The monoisotopic (exact) mass is 110 g/mol. The van der Waals surface area contributed by atoms with E-state index in [1.54, 1.807) is 0 Å². The van der Waals surface area contributed by atoms with Crippen molar-refractivity contribution < 1.29 is 0 Å². The lowest BCUT2D eigenvalue weighted by Gasteiger charge is -2.13. The fourth-order valence-corrected chi connectivity index (χ4v) is 0.770. The van der Waals surface area contributed by atoms with E-state index in [1.165, 1.54) is 0 Å². The third-order valence-corrected chi connectivity index (χ3v) is 2.10. The van der Waals surface area contributed by atoms with E-state index >= 15 is 0 Å². The highest BCUT2D eigenvalue weighted by atomic mass is 13.7. The van der Waals surface area contributed by atoms with E-state index in [0.717, 1.165) is 19.1 Å². The van der Waals surface area contributed by atoms with Gasteiger partial charge < -0.3 is 0 Å². The zero-order valence-corrected chi connectivity index (χ0v) is 6.73. The topological polar surface area (TPSA) is 0 Å². The van der Waals surface area contributed by atoms with Crippen LogP contribution in [0.5, 0.6) is 0 Å². The maximum absolute atomic E-state index is 2.31. The molecule has 0 unspecified atom stereocenters. The van der Waals surface area contributed by atoms with Gasteiger partial charge in [-0.05, 0) is 0 Å². The first-order valence-corrected chi connectivity index (χ1v) is 3.55. The SMILES string of the molecule is CB(C)C(C)B(C)C. The average molecular weight is 110 g/mol. The summed E-state index contributed by atoms with van der Waals surface area (Å²) in [5, 5.41) is 0. The van der Waals surface area contributed by atoms with Crippen LogP contribution in [0.1, 0.15) is 6.92 Å². The second kappa shape index (κ2) is 3.21. The van der Waals surface area contributed by atoms with Crippen LogP contribution in [0.25, 0.3) is 0 Å². The van der Waals surface area contributed by atoms with E-state index in [1.807, 2.05) is 0 Å². The number of hydrogen-bond acceptors (Lipinski definition) is 0. The Bertz CT molecular complexity index is 51.5. The standard InChI is InChI=1S/C6H16B2/c1-6(7(2)3)8(4)5/h6H,1-5H3. The molecule has 0 rings (SSSR count). The molecule has 0 aromatic heterocycles. The molecule has 0 aliphatic carbocycles. The van der Waals surface area contributed by atoms with E-state index in [-0.39, 0.29) is 0 Å². The summed E-state index contributed by atoms with van der Waals surface area (Å²) in [6, 6.07) is 0. The van der Waals surface area contributed by atoms with Crippen LogP contribution in [0.2, 0.25) is 33.0 Å². The van der Waals surface area contributed by atoms with Crippen LogP contribution in [0.3, 0.4) is 0 Å². The molecule has 0 aromatic carbocycles. The van der Waals surface area contributed by atoms with Gasteiger partial charge in [-0.15, -0.1) is 0 Å². The maximum atomic E-state index is 2.31. The van der Waals surface area contributed by atoms with E-state index in [9.17, 15) is 0 Å². The van der Waals surface area contributed by atoms with Crippen LogP contribution in [0, 0.1) is 0 Å². The molecular formula is C6H16B2. The molecule has 0 radical (unpaired) electrons. The summed E-state index contributed by atoms with van der Waals surface area (Å²) < 4.78 is 0. The molecule has 0 spiro atoms. The maximum Gasteiger partial charge on any atom is 0.128 e. The molecule has 8 heavy (non-hydrogen) atoms. The molecular weight excluding hydrogens is 93.7 g/mol. The number of hydrogen-bond donors (Lipinski definition) is 0. The molecule has 0 heterocycles. The van der Waals surface area contributed by atoms with E-state index in [4.69, 9.17) is 0 Å². The van der Waals surface area contributed by atoms with Crippen molar-refractivity contribution >= 4 is 13.4 Å². The third kappa shape index (κ3) is 2.44. The van der Waals surface area contributed by atoms with Gasteiger partial charge in [0.05, 0.1) is 0 Å². The van der Waals surface area contributed by atoms with Gasteiger partial charge in [0, 0.05) is 0 Å². The van der Waals surface area contributed by atoms with Gasteiger partial charge in [0.25, 0.3) is 0 Å². The molecule has 2 heteroatoms. The second-order valence-corrected chi connectivity index (χ2v) is 3.35. The predicted molar refractivity (Wildman–Crippen MR) is 44.4 cm³/mol. The lowest BCUT2D eigenvalue weighted by Crippen LogP contribution is -2.21. The van der Waals surface area contributed by atoms with Crippen molar-refractivity contribution in [1.29, 1.82) is 0 Å². The van der Waals surface area contributed by atoms with Gasteiger partial charge in [0.2, 0.25) is 0 Å². The Morgan fingerprint density at radius 1 is 0.875 bits per heavy atom. The molecule has 0 saturated carbocycles. The highest BCUT2D eigenvalue weighted by Crippen LogP contribution is 2.12. The van der Waals surface area contributed by atoms with Crippen LogP contribution in [0.4, 0.5) is 0 Å². The van der Waals surface area contributed by atoms with E-state index < -0.39 is 0 Å². The molecule has 0 nitrogen and oxygen atoms in total. The minimum Gasteiger partial charge on any atom is -0.0866 e. The van der Waals surface area contributed by atoms with Gasteiger partial charge in [-0.3, -0.25) is 0 Å². The fraction of sp³-hybridized carbons (Fsp3) is 1.00. The zero-order valence-electron chi connectivity index (χ0n) is 6.73. The van der Waals surface area contributed by atoms with Gasteiger partial charge in [0.1, 0.15) is 13.4 Å². The van der Waals surface area contributed by atoms with Gasteiger partial charge in [-0.2, -0.15) is 0 Å². The first-order chi connectivity index (χ1) is 3.55. The second-order valence-electron chi connectivity index (χ2n) is 3.35. The molecule has 0 saturated heterocycles. The lowest BCUT2D eigenvalue weighted by molar-refractivity contribution is 1.25. The highest BCUT2D eigenvalue weighted by Gasteiger charge is 2.15. The normalized spacial score (nSPS) is 9.75. The van der Waals surface area contributed by atoms with Gasteiger partial charge in [-0.25, -0.2) is 0 Å². The van der Waals surface area contributed by atoms with Crippen LogP contribution in [0.15, 0.2) is 0 Å². The highest BCUT2D eigenvalue weighted by molar-refractivity contribution is 6.77. The molecule has 0 amide bonds. The summed E-state index contributed by atoms with van der Waals surface area (Å²) in [6.45, 7) is 13.1. The molecule has 0 atom stereocenters. The van der Waals surface area contributed by atoms with Crippen LogP contribution in [-0.2, 0) is 0 Å². The van der Waals surface area contributed by atoms with Gasteiger partial charge in [-0.1, -0.05) is 39.9 Å². The van der Waals surface area contributed by atoms with E-state index in [0.29, 0.717) is 0 Å². The zero-order chi connectivity index (χ0) is 6.73. The molecule has 0 bridgehead atoms. The van der Waals surface area contributed by atoms with Crippen molar-refractivity contribution in [3.63, 3.8) is 0 Å². The summed E-state index contributed by atoms with van der Waals surface area (Å²) >= 11 is 0. The van der Waals surface area contributed by atoms with Crippen LogP contribution >= 0.6 is 0 Å². The van der Waals surface area contributed by atoms with Gasteiger partial charge >= 0.3 is 0 Å². The van der Waals surface area contributed by atoms with Crippen molar-refractivity contribution in [3.05, 3.63) is 0 Å². The largest absolute Gasteiger partial charge is 0.128 e. The van der Waals surface area contributed by atoms with Crippen molar-refractivity contribution in [2.75, 3.05) is 0 Å². The molecule has 0 N–H and O–H groups in total. The molecule has 0 fully saturated rings. The summed E-state index contributed by atoms with van der Waals surface area (Å²) in [5.74, 6) is 0. The fourth-order valence-electron chi connectivity index (χ4n) is 0.770. The Balaban J connectivity index is 3.46. The Morgan fingerprint density at radius 2 is 1.12 bits per heavy atom. The quantitative estimate of drug-likeness (QED) is 0.478.